The van der Waals surface area contributed by atoms with E-state index in [1.165, 1.54) is 0 Å². The molecule has 1 aliphatic heterocycles. The highest BCUT2D eigenvalue weighted by molar-refractivity contribution is 6.40. The summed E-state index contributed by atoms with van der Waals surface area (Å²) in [5, 5.41) is 21.8. The summed E-state index contributed by atoms with van der Waals surface area (Å²) in [4.78, 5) is 27.1. The molecule has 1 aliphatic rings. The molecule has 0 spiro atoms. The number of nitrogens with zero attached hydrogens (tertiary/aromatic N) is 2. The first-order chi connectivity index (χ1) is 22.3. The molecule has 1 fully saturated rings. The maximum absolute atomic E-state index is 12.3. The first-order valence-corrected chi connectivity index (χ1v) is 16.1. The minimum Gasteiger partial charge on any atom is -0.481 e. The van der Waals surface area contributed by atoms with E-state index in [0.717, 1.165) is 33.4 Å². The van der Waals surface area contributed by atoms with Crippen molar-refractivity contribution in [2.24, 2.45) is 0 Å². The lowest BCUT2D eigenvalue weighted by Crippen LogP contribution is -2.32. The Morgan fingerprint density at radius 1 is 0.891 bits per heavy atom. The number of halogens is 2. The molecule has 3 atom stereocenters. The molecule has 1 amide bonds. The molecule has 0 aliphatic carbocycles. The van der Waals surface area contributed by atoms with E-state index in [2.05, 4.69) is 16.4 Å². The van der Waals surface area contributed by atoms with Crippen molar-refractivity contribution in [2.75, 3.05) is 0 Å². The molecule has 1 saturated heterocycles. The van der Waals surface area contributed by atoms with Gasteiger partial charge in [-0.3, -0.25) is 9.59 Å². The van der Waals surface area contributed by atoms with Gasteiger partial charge >= 0.3 is 5.97 Å². The van der Waals surface area contributed by atoms with Crippen molar-refractivity contribution >= 4 is 35.1 Å². The summed E-state index contributed by atoms with van der Waals surface area (Å²) in [5.74, 6) is -0.863. The van der Waals surface area contributed by atoms with Crippen molar-refractivity contribution in [2.45, 2.75) is 76.7 Å². The first kappa shape index (κ1) is 33.6. The predicted molar refractivity (Wildman–Crippen MR) is 175 cm³/mol. The molecule has 0 saturated carbocycles. The van der Waals surface area contributed by atoms with Crippen molar-refractivity contribution in [1.82, 2.24) is 14.9 Å². The number of rotatable bonds is 14. The molecular formula is C35H37Cl2N3O6. The molecule has 9 nitrogen and oxygen atoms in total. The maximum atomic E-state index is 12.3. The van der Waals surface area contributed by atoms with Crippen LogP contribution in [0.25, 0.3) is 11.1 Å². The number of imidazole rings is 1. The number of carbonyl (C=O) groups is 2. The van der Waals surface area contributed by atoms with E-state index in [0.29, 0.717) is 50.3 Å². The minimum atomic E-state index is -0.811. The largest absolute Gasteiger partial charge is 0.481 e. The van der Waals surface area contributed by atoms with Crippen LogP contribution in [0.5, 0.6) is 0 Å². The van der Waals surface area contributed by atoms with Gasteiger partial charge in [0.05, 0.1) is 31.7 Å². The van der Waals surface area contributed by atoms with Gasteiger partial charge in [0.15, 0.2) is 11.4 Å². The van der Waals surface area contributed by atoms with Gasteiger partial charge in [0.2, 0.25) is 5.91 Å². The Morgan fingerprint density at radius 3 is 2.35 bits per heavy atom. The molecule has 11 heteroatoms. The first-order valence-electron chi connectivity index (χ1n) is 15.3. The number of aromatic nitrogens is 2. The smallest absolute Gasteiger partial charge is 0.303 e. The summed E-state index contributed by atoms with van der Waals surface area (Å²) in [6.45, 7) is 0.811. The predicted octanol–water partition coefficient (Wildman–Crippen LogP) is 7.25. The van der Waals surface area contributed by atoms with Crippen LogP contribution in [0.2, 0.25) is 10.3 Å². The lowest BCUT2D eigenvalue weighted by Gasteiger charge is -2.36. The fourth-order valence-electron chi connectivity index (χ4n) is 5.48. The number of carbonyl (C=O) groups excluding carboxylic acids is 1. The van der Waals surface area contributed by atoms with Crippen molar-refractivity contribution < 1.29 is 29.3 Å². The second-order valence-corrected chi connectivity index (χ2v) is 12.1. The zero-order valence-electron chi connectivity index (χ0n) is 25.3. The fraction of sp³-hybridized carbons (Fsp3) is 0.343. The Kier molecular flexibility index (Phi) is 11.8. The molecule has 2 heterocycles. The van der Waals surface area contributed by atoms with Gasteiger partial charge in [0.25, 0.3) is 0 Å². The Morgan fingerprint density at radius 2 is 1.63 bits per heavy atom. The quantitative estimate of drug-likeness (QED) is 0.121. The number of ether oxygens (including phenoxy) is 2. The maximum Gasteiger partial charge on any atom is 0.303 e. The second kappa shape index (κ2) is 16.2. The standard InChI is InChI=1S/C35H37Cl2N3O6/c36-33-34(37)40(22-39-33)20-29-18-30(25-14-12-23(21-41)13-15-25)46-35(45-29)28-9-5-8-27(17-28)26-7-4-6-24(16-26)19-38-31(42)10-2-1-3-11-32(43)44/h4-9,12-17,22,29-30,35,41H,1-3,10-11,18-21H2,(H,38,42)(H,43,44). The average molecular weight is 667 g/mol. The molecule has 4 aromatic rings. The normalized spacial score (nSPS) is 17.9. The molecule has 1 aromatic heterocycles. The molecule has 3 N–H and O–H groups in total. The van der Waals surface area contributed by atoms with Gasteiger partial charge in [-0.05, 0) is 52.8 Å². The van der Waals surface area contributed by atoms with Crippen LogP contribution in [0, 0.1) is 0 Å². The molecular weight excluding hydrogens is 629 g/mol. The summed E-state index contributed by atoms with van der Waals surface area (Å²) in [5.41, 5.74) is 5.60. The van der Waals surface area contributed by atoms with Crippen LogP contribution < -0.4 is 5.32 Å². The van der Waals surface area contributed by atoms with Crippen molar-refractivity contribution in [3.63, 3.8) is 0 Å². The number of aliphatic hydroxyl groups is 1. The van der Waals surface area contributed by atoms with E-state index in [1.54, 1.807) is 10.9 Å². The van der Waals surface area contributed by atoms with Crippen molar-refractivity contribution in [3.8, 4) is 11.1 Å². The van der Waals surface area contributed by atoms with Gasteiger partial charge < -0.3 is 29.6 Å². The highest BCUT2D eigenvalue weighted by Crippen LogP contribution is 2.39. The van der Waals surface area contributed by atoms with Gasteiger partial charge in [-0.1, -0.05) is 90.3 Å². The number of hydrogen-bond donors (Lipinski definition) is 3. The number of aliphatic hydroxyl groups excluding tert-OH is 1. The summed E-state index contributed by atoms with van der Waals surface area (Å²) in [7, 11) is 0. The summed E-state index contributed by atoms with van der Waals surface area (Å²) < 4.78 is 14.8. The number of aliphatic carboxylic acids is 1. The molecule has 242 valence electrons. The van der Waals surface area contributed by atoms with Crippen LogP contribution in [0.15, 0.2) is 79.1 Å². The Bertz CT molecular complexity index is 1630. The van der Waals surface area contributed by atoms with Gasteiger partial charge in [-0.25, -0.2) is 4.98 Å². The van der Waals surface area contributed by atoms with E-state index in [9.17, 15) is 14.7 Å². The van der Waals surface area contributed by atoms with Crippen LogP contribution in [0.3, 0.4) is 0 Å². The van der Waals surface area contributed by atoms with Crippen molar-refractivity contribution in [1.29, 1.82) is 0 Å². The summed E-state index contributed by atoms with van der Waals surface area (Å²) in [6.07, 6.45) is 3.46. The van der Waals surface area contributed by atoms with E-state index in [-0.39, 0.29) is 36.3 Å². The SMILES string of the molecule is O=C(O)CCCCCC(=O)NCc1cccc(-c2cccc(C3OC(Cn4cnc(Cl)c4Cl)CC(c4ccc(CO)cc4)O3)c2)c1. The van der Waals surface area contributed by atoms with Gasteiger partial charge in [0, 0.05) is 31.4 Å². The number of unbranched alkanes of at least 4 members (excludes halogenated alkanes) is 2. The van der Waals surface area contributed by atoms with E-state index >= 15 is 0 Å². The molecule has 5 rings (SSSR count). The number of carboxylic acids is 1. The number of hydrogen-bond acceptors (Lipinski definition) is 6. The zero-order chi connectivity index (χ0) is 32.5. The average Bonchev–Trinajstić information content (AvgIpc) is 3.39. The molecule has 46 heavy (non-hydrogen) atoms. The Balaban J connectivity index is 1.28. The number of nitrogens with one attached hydrogen (secondary N) is 1. The van der Waals surface area contributed by atoms with Crippen molar-refractivity contribution in [3.05, 3.63) is 112 Å². The molecule has 0 radical (unpaired) electrons. The third kappa shape index (κ3) is 9.18. The highest BCUT2D eigenvalue weighted by Gasteiger charge is 2.33. The highest BCUT2D eigenvalue weighted by atomic mass is 35.5. The van der Waals surface area contributed by atoms with Crippen LogP contribution in [0.4, 0.5) is 0 Å². The van der Waals surface area contributed by atoms with Gasteiger partial charge in [-0.15, -0.1) is 0 Å². The van der Waals surface area contributed by atoms with Crippen LogP contribution in [-0.4, -0.2) is 37.7 Å². The number of benzene rings is 3. The van der Waals surface area contributed by atoms with Gasteiger partial charge in [0.1, 0.15) is 5.15 Å². The third-order valence-corrected chi connectivity index (χ3v) is 8.72. The second-order valence-electron chi connectivity index (χ2n) is 11.4. The Labute approximate surface area is 278 Å². The molecule has 0 bridgehead atoms. The van der Waals surface area contributed by atoms with Crippen LogP contribution in [-0.2, 0) is 38.8 Å². The monoisotopic (exact) mass is 665 g/mol. The summed E-state index contributed by atoms with van der Waals surface area (Å²) in [6, 6.07) is 23.7. The topological polar surface area (TPSA) is 123 Å². The van der Waals surface area contributed by atoms with E-state index < -0.39 is 12.3 Å². The van der Waals surface area contributed by atoms with Crippen LogP contribution in [0.1, 0.15) is 73.2 Å². The lowest BCUT2D eigenvalue weighted by atomic mass is 9.98. The number of amides is 1. The zero-order valence-corrected chi connectivity index (χ0v) is 26.8. The lowest BCUT2D eigenvalue weighted by molar-refractivity contribution is -0.252. The number of carboxylic acid groups (broad SMARTS) is 1. The fourth-order valence-corrected chi connectivity index (χ4v) is 5.79. The Hall–Kier alpha value is -3.73. The van der Waals surface area contributed by atoms with E-state index in [1.807, 2.05) is 66.7 Å². The summed E-state index contributed by atoms with van der Waals surface area (Å²) >= 11 is 12.5. The minimum absolute atomic E-state index is 0.0312. The third-order valence-electron chi connectivity index (χ3n) is 7.95. The molecule has 3 aromatic carbocycles. The van der Waals surface area contributed by atoms with Crippen LogP contribution >= 0.6 is 23.2 Å². The van der Waals surface area contributed by atoms with Gasteiger partial charge in [-0.2, -0.15) is 0 Å². The van der Waals surface area contributed by atoms with E-state index in [4.69, 9.17) is 37.8 Å². The molecule has 3 unspecified atom stereocenters.